The van der Waals surface area contributed by atoms with Crippen molar-refractivity contribution in [1.82, 2.24) is 3.11 Å². The molecule has 3 nitrogen and oxygen atoms in total. The standard InChI is InChI=1S/C25H38INO2/c1-19(2)18-29-25-13-12-21(17-28)16-24(25)23(22-10-8-7-9-11-22)14-15-27(20(3)4)26(5)6/h7-13,16,19-20,23,28H,14-15,17-18H2,1-6H3/t23-/m1/s1. The fourth-order valence-corrected chi connectivity index (χ4v) is 7.09. The van der Waals surface area contributed by atoms with Crippen LogP contribution in [0.1, 0.15) is 56.7 Å². The van der Waals surface area contributed by atoms with Crippen LogP contribution in [0.5, 0.6) is 5.75 Å². The molecule has 1 N–H and O–H groups in total. The normalized spacial score (nSPS) is 13.2. The molecular formula is C25H38INO2. The number of nitrogens with zero attached hydrogens (tertiary/aromatic N) is 1. The van der Waals surface area contributed by atoms with Crippen molar-refractivity contribution >= 4 is 20.1 Å². The Kier molecular flexibility index (Phi) is 9.93. The van der Waals surface area contributed by atoms with E-state index in [9.17, 15) is 5.11 Å². The van der Waals surface area contributed by atoms with Crippen molar-refractivity contribution in [2.45, 2.75) is 52.7 Å². The van der Waals surface area contributed by atoms with E-state index in [4.69, 9.17) is 4.74 Å². The zero-order chi connectivity index (χ0) is 21.4. The summed E-state index contributed by atoms with van der Waals surface area (Å²) in [7, 11) is 0. The van der Waals surface area contributed by atoms with Crippen LogP contribution in [0.2, 0.25) is 0 Å². The summed E-state index contributed by atoms with van der Waals surface area (Å²) < 4.78 is 8.92. The van der Waals surface area contributed by atoms with E-state index >= 15 is 0 Å². The molecule has 0 heterocycles. The Morgan fingerprint density at radius 2 is 1.69 bits per heavy atom. The maximum absolute atomic E-state index is 9.74. The van der Waals surface area contributed by atoms with E-state index in [0.29, 0.717) is 18.6 Å². The number of aliphatic hydroxyl groups is 1. The molecule has 0 bridgehead atoms. The Hall–Kier alpha value is -1.11. The van der Waals surface area contributed by atoms with E-state index in [0.717, 1.165) is 24.3 Å². The molecule has 0 spiro atoms. The van der Waals surface area contributed by atoms with Crippen molar-refractivity contribution in [3.63, 3.8) is 0 Å². The van der Waals surface area contributed by atoms with Gasteiger partial charge in [0.05, 0.1) is 0 Å². The van der Waals surface area contributed by atoms with E-state index in [1.165, 1.54) is 11.1 Å². The summed E-state index contributed by atoms with van der Waals surface area (Å²) in [5, 5.41) is 9.74. The number of halogens is 1. The summed E-state index contributed by atoms with van der Waals surface area (Å²) >= 11 is -1.06. The number of rotatable bonds is 11. The van der Waals surface area contributed by atoms with E-state index in [-0.39, 0.29) is 12.5 Å². The van der Waals surface area contributed by atoms with Crippen molar-refractivity contribution in [3.05, 3.63) is 65.2 Å². The molecule has 162 valence electrons. The molecule has 0 aliphatic heterocycles. The topological polar surface area (TPSA) is 32.7 Å². The van der Waals surface area contributed by atoms with Crippen molar-refractivity contribution in [1.29, 1.82) is 0 Å². The minimum absolute atomic E-state index is 0.0525. The average molecular weight is 511 g/mol. The van der Waals surface area contributed by atoms with E-state index in [1.807, 2.05) is 12.1 Å². The number of benzene rings is 2. The summed E-state index contributed by atoms with van der Waals surface area (Å²) in [5.41, 5.74) is 3.45. The predicted molar refractivity (Wildman–Crippen MR) is 133 cm³/mol. The maximum atomic E-state index is 9.74. The van der Waals surface area contributed by atoms with E-state index in [1.54, 1.807) is 0 Å². The molecule has 0 saturated carbocycles. The van der Waals surface area contributed by atoms with Gasteiger partial charge in [-0.1, -0.05) is 0 Å². The first-order valence-corrected chi connectivity index (χ1v) is 15.8. The monoisotopic (exact) mass is 511 g/mol. The molecule has 0 radical (unpaired) electrons. The molecule has 0 amide bonds. The van der Waals surface area contributed by atoms with Gasteiger partial charge in [-0.25, -0.2) is 0 Å². The van der Waals surface area contributed by atoms with Crippen LogP contribution >= 0.6 is 20.1 Å². The van der Waals surface area contributed by atoms with Gasteiger partial charge >= 0.3 is 186 Å². The molecule has 2 rings (SSSR count). The Morgan fingerprint density at radius 1 is 1.00 bits per heavy atom. The second-order valence-corrected chi connectivity index (χ2v) is 13.7. The van der Waals surface area contributed by atoms with Crippen LogP contribution in [-0.4, -0.2) is 37.3 Å². The van der Waals surface area contributed by atoms with Crippen LogP contribution in [-0.2, 0) is 6.61 Å². The zero-order valence-corrected chi connectivity index (χ0v) is 21.0. The Balaban J connectivity index is 2.42. The Morgan fingerprint density at radius 3 is 2.24 bits per heavy atom. The van der Waals surface area contributed by atoms with Crippen LogP contribution < -0.4 is 4.74 Å². The third-order valence-corrected chi connectivity index (χ3v) is 9.11. The van der Waals surface area contributed by atoms with Crippen LogP contribution in [0, 0.1) is 5.92 Å². The number of hydrogen-bond acceptors (Lipinski definition) is 3. The van der Waals surface area contributed by atoms with Crippen molar-refractivity contribution in [3.8, 4) is 5.75 Å². The van der Waals surface area contributed by atoms with Crippen LogP contribution in [0.15, 0.2) is 48.5 Å². The molecule has 0 aliphatic carbocycles. The molecular weight excluding hydrogens is 473 g/mol. The van der Waals surface area contributed by atoms with Crippen LogP contribution in [0.25, 0.3) is 0 Å². The van der Waals surface area contributed by atoms with Crippen LogP contribution in [0.4, 0.5) is 0 Å². The summed E-state index contributed by atoms with van der Waals surface area (Å²) in [6, 6.07) is 17.5. The molecule has 4 heteroatoms. The van der Waals surface area contributed by atoms with Gasteiger partial charge in [-0.15, -0.1) is 0 Å². The SMILES string of the molecule is CC(C)COc1ccc(CO)cc1[C@H](CCN(C(C)C)I(C)C)c1ccccc1. The zero-order valence-electron chi connectivity index (χ0n) is 18.9. The van der Waals surface area contributed by atoms with Crippen molar-refractivity contribution in [2.24, 2.45) is 5.92 Å². The van der Waals surface area contributed by atoms with Gasteiger partial charge in [0.1, 0.15) is 0 Å². The number of ether oxygens (including phenoxy) is 1. The molecule has 0 saturated heterocycles. The van der Waals surface area contributed by atoms with Gasteiger partial charge < -0.3 is 0 Å². The summed E-state index contributed by atoms with van der Waals surface area (Å²) in [5.74, 6) is 1.67. The molecule has 0 aliphatic rings. The van der Waals surface area contributed by atoms with E-state index in [2.05, 4.69) is 77.1 Å². The second kappa shape index (κ2) is 11.9. The minimum atomic E-state index is -1.06. The van der Waals surface area contributed by atoms with Gasteiger partial charge in [0.15, 0.2) is 0 Å². The second-order valence-electron chi connectivity index (χ2n) is 8.42. The summed E-state index contributed by atoms with van der Waals surface area (Å²) in [4.78, 5) is 4.84. The fourth-order valence-electron chi connectivity index (χ4n) is 3.61. The Bertz CT molecular complexity index is 723. The Labute approximate surface area is 185 Å². The summed E-state index contributed by atoms with van der Waals surface area (Å²) in [6.45, 7) is 10.8. The van der Waals surface area contributed by atoms with E-state index < -0.39 is 20.1 Å². The van der Waals surface area contributed by atoms with Gasteiger partial charge in [-0.2, -0.15) is 0 Å². The molecule has 0 aromatic heterocycles. The summed E-state index contributed by atoms with van der Waals surface area (Å²) in [6.07, 6.45) is 1.05. The van der Waals surface area contributed by atoms with Crippen molar-refractivity contribution in [2.75, 3.05) is 23.0 Å². The molecule has 29 heavy (non-hydrogen) atoms. The van der Waals surface area contributed by atoms with Gasteiger partial charge in [-0.3, -0.25) is 0 Å². The van der Waals surface area contributed by atoms with Gasteiger partial charge in [0.25, 0.3) is 0 Å². The number of aliphatic hydroxyl groups excluding tert-OH is 1. The molecule has 2 aromatic carbocycles. The quantitative estimate of drug-likeness (QED) is 0.224. The first-order valence-electron chi connectivity index (χ1n) is 10.5. The van der Waals surface area contributed by atoms with Crippen LogP contribution in [0.3, 0.4) is 0 Å². The average Bonchev–Trinajstić information content (AvgIpc) is 2.69. The third-order valence-electron chi connectivity index (χ3n) is 5.03. The van der Waals surface area contributed by atoms with Gasteiger partial charge in [-0.05, 0) is 0 Å². The number of hydrogen-bond donors (Lipinski definition) is 1. The van der Waals surface area contributed by atoms with Gasteiger partial charge in [0.2, 0.25) is 0 Å². The number of alkyl halides is 2. The first kappa shape index (κ1) is 24.2. The van der Waals surface area contributed by atoms with Gasteiger partial charge in [0, 0.05) is 0 Å². The molecule has 1 atom stereocenters. The van der Waals surface area contributed by atoms with Crippen molar-refractivity contribution < 1.29 is 9.84 Å². The molecule has 2 aromatic rings. The third kappa shape index (κ3) is 7.26. The molecule has 0 fully saturated rings. The first-order chi connectivity index (χ1) is 13.8. The molecule has 0 unspecified atom stereocenters. The fraction of sp³-hybridized carbons (Fsp3) is 0.520. The predicted octanol–water partition coefficient (Wildman–Crippen LogP) is 6.13.